The van der Waals surface area contributed by atoms with E-state index in [1.165, 1.54) is 0 Å². The second-order valence-electron chi connectivity index (χ2n) is 5.66. The Labute approximate surface area is 137 Å². The third kappa shape index (κ3) is 6.23. The van der Waals surface area contributed by atoms with E-state index in [1.54, 1.807) is 18.2 Å². The summed E-state index contributed by atoms with van der Waals surface area (Å²) in [6.07, 6.45) is 2.13. The Balaban J connectivity index is 2.80. The summed E-state index contributed by atoms with van der Waals surface area (Å²) in [5.41, 5.74) is 0.980. The lowest BCUT2D eigenvalue weighted by atomic mass is 10.0. The first kappa shape index (κ1) is 18.8. The van der Waals surface area contributed by atoms with Gasteiger partial charge in [0.15, 0.2) is 9.84 Å². The molecular weight excluding hydrogens is 324 g/mol. The fraction of sp³-hybridized carbons (Fsp3) is 0.533. The maximum absolute atomic E-state index is 12.0. The van der Waals surface area contributed by atoms with E-state index in [2.05, 4.69) is 24.5 Å². The van der Waals surface area contributed by atoms with Crippen molar-refractivity contribution >= 4 is 33.2 Å². The lowest BCUT2D eigenvalue weighted by Crippen LogP contribution is -2.39. The molecule has 2 unspecified atom stereocenters. The Morgan fingerprint density at radius 1 is 1.32 bits per heavy atom. The van der Waals surface area contributed by atoms with Crippen molar-refractivity contribution in [2.75, 3.05) is 11.6 Å². The van der Waals surface area contributed by atoms with Crippen LogP contribution in [-0.4, -0.2) is 26.7 Å². The van der Waals surface area contributed by atoms with Gasteiger partial charge in [-0.05, 0) is 30.5 Å². The Kier molecular flexibility index (Phi) is 6.68. The molecule has 5 nitrogen and oxygen atoms in total. The summed E-state index contributed by atoms with van der Waals surface area (Å²) in [4.78, 5) is 12.0. The molecule has 0 heterocycles. The quantitative estimate of drug-likeness (QED) is 0.828. The maximum Gasteiger partial charge on any atom is 0.319 e. The van der Waals surface area contributed by atoms with Gasteiger partial charge in [-0.15, -0.1) is 0 Å². The molecule has 22 heavy (non-hydrogen) atoms. The molecule has 1 rings (SSSR count). The first-order chi connectivity index (χ1) is 10.1. The zero-order valence-electron chi connectivity index (χ0n) is 13.3. The highest BCUT2D eigenvalue weighted by molar-refractivity contribution is 7.89. The minimum absolute atomic E-state index is 0.0305. The van der Waals surface area contributed by atoms with Gasteiger partial charge in [-0.2, -0.15) is 0 Å². The highest BCUT2D eigenvalue weighted by Gasteiger charge is 2.14. The van der Waals surface area contributed by atoms with Crippen molar-refractivity contribution in [3.8, 4) is 0 Å². The van der Waals surface area contributed by atoms with Crippen molar-refractivity contribution in [1.82, 2.24) is 5.32 Å². The number of anilines is 1. The van der Waals surface area contributed by atoms with Crippen LogP contribution in [0.25, 0.3) is 0 Å². The van der Waals surface area contributed by atoms with Crippen molar-refractivity contribution in [3.05, 3.63) is 28.8 Å². The molecular formula is C15H23ClN2O3S. The van der Waals surface area contributed by atoms with Crippen molar-refractivity contribution in [2.45, 2.75) is 39.0 Å². The highest BCUT2D eigenvalue weighted by atomic mass is 35.5. The summed E-state index contributed by atoms with van der Waals surface area (Å²) in [5.74, 6) is 0.266. The second-order valence-corrected chi connectivity index (χ2v) is 8.20. The molecule has 0 fully saturated rings. The van der Waals surface area contributed by atoms with Crippen LogP contribution in [0.15, 0.2) is 18.2 Å². The molecule has 0 saturated heterocycles. The van der Waals surface area contributed by atoms with Crippen molar-refractivity contribution in [1.29, 1.82) is 0 Å². The van der Waals surface area contributed by atoms with Gasteiger partial charge in [-0.3, -0.25) is 0 Å². The number of urea groups is 1. The molecule has 0 radical (unpaired) electrons. The molecule has 0 spiro atoms. The number of halogens is 1. The molecule has 0 aromatic heterocycles. The number of amides is 2. The summed E-state index contributed by atoms with van der Waals surface area (Å²) < 4.78 is 22.7. The molecule has 2 N–H and O–H groups in total. The lowest BCUT2D eigenvalue weighted by molar-refractivity contribution is 0.244. The molecule has 7 heteroatoms. The SMILES string of the molecule is CCC(C)C(C)NC(=O)Nc1cc(CS(C)(=O)=O)ccc1Cl. The summed E-state index contributed by atoms with van der Waals surface area (Å²) in [5, 5.41) is 5.88. The monoisotopic (exact) mass is 346 g/mol. The topological polar surface area (TPSA) is 75.3 Å². The van der Waals surface area contributed by atoms with Gasteiger partial charge in [0.05, 0.1) is 16.5 Å². The Morgan fingerprint density at radius 3 is 2.50 bits per heavy atom. The van der Waals surface area contributed by atoms with E-state index in [0.29, 0.717) is 22.2 Å². The van der Waals surface area contributed by atoms with Crippen LogP contribution in [0.1, 0.15) is 32.8 Å². The number of rotatable bonds is 6. The largest absolute Gasteiger partial charge is 0.335 e. The van der Waals surface area contributed by atoms with Gasteiger partial charge in [0.1, 0.15) is 0 Å². The van der Waals surface area contributed by atoms with Gasteiger partial charge in [0, 0.05) is 12.3 Å². The van der Waals surface area contributed by atoms with E-state index < -0.39 is 9.84 Å². The third-order valence-corrected chi connectivity index (χ3v) is 4.75. The van der Waals surface area contributed by atoms with Gasteiger partial charge >= 0.3 is 6.03 Å². The van der Waals surface area contributed by atoms with Crippen LogP contribution in [0.5, 0.6) is 0 Å². The highest BCUT2D eigenvalue weighted by Crippen LogP contribution is 2.24. The summed E-state index contributed by atoms with van der Waals surface area (Å²) in [7, 11) is -3.14. The zero-order valence-corrected chi connectivity index (χ0v) is 14.9. The Hall–Kier alpha value is -1.27. The first-order valence-electron chi connectivity index (χ1n) is 7.16. The minimum atomic E-state index is -3.14. The molecule has 2 amide bonds. The van der Waals surface area contributed by atoms with E-state index in [4.69, 9.17) is 11.6 Å². The molecule has 124 valence electrons. The summed E-state index contributed by atoms with van der Waals surface area (Å²) in [6, 6.07) is 4.47. The lowest BCUT2D eigenvalue weighted by Gasteiger charge is -2.20. The fourth-order valence-corrected chi connectivity index (χ4v) is 2.87. The van der Waals surface area contributed by atoms with Crippen molar-refractivity contribution < 1.29 is 13.2 Å². The number of hydrogen-bond acceptors (Lipinski definition) is 3. The maximum atomic E-state index is 12.0. The van der Waals surface area contributed by atoms with Gasteiger partial charge in [0.2, 0.25) is 0 Å². The standard InChI is InChI=1S/C15H23ClN2O3S/c1-5-10(2)11(3)17-15(19)18-14-8-12(6-7-13(14)16)9-22(4,20)21/h6-8,10-11H,5,9H2,1-4H3,(H2,17,18,19). The molecule has 0 aliphatic rings. The average Bonchev–Trinajstić information content (AvgIpc) is 2.39. The first-order valence-corrected chi connectivity index (χ1v) is 9.60. The number of sulfone groups is 1. The molecule has 0 bridgehead atoms. The molecule has 1 aromatic rings. The minimum Gasteiger partial charge on any atom is -0.335 e. The third-order valence-electron chi connectivity index (χ3n) is 3.56. The predicted molar refractivity (Wildman–Crippen MR) is 91.1 cm³/mol. The van der Waals surface area contributed by atoms with Crippen molar-refractivity contribution in [2.24, 2.45) is 5.92 Å². The number of benzene rings is 1. The normalized spacial score (nSPS) is 14.2. The number of carbonyl (C=O) groups is 1. The number of hydrogen-bond donors (Lipinski definition) is 2. The predicted octanol–water partition coefficient (Wildman–Crippen LogP) is 3.44. The van der Waals surface area contributed by atoms with E-state index >= 15 is 0 Å². The van der Waals surface area contributed by atoms with E-state index in [1.807, 2.05) is 6.92 Å². The van der Waals surface area contributed by atoms with Crippen molar-refractivity contribution in [3.63, 3.8) is 0 Å². The van der Waals surface area contributed by atoms with Gasteiger partial charge in [-0.25, -0.2) is 13.2 Å². The average molecular weight is 347 g/mol. The summed E-state index contributed by atoms with van der Waals surface area (Å²) >= 11 is 6.05. The molecule has 0 saturated carbocycles. The molecule has 1 aromatic carbocycles. The number of carbonyl (C=O) groups excluding carboxylic acids is 1. The van der Waals surface area contributed by atoms with Crippen LogP contribution < -0.4 is 10.6 Å². The fourth-order valence-electron chi connectivity index (χ4n) is 1.92. The van der Waals surface area contributed by atoms with Crippen LogP contribution in [0, 0.1) is 5.92 Å². The van der Waals surface area contributed by atoms with E-state index in [9.17, 15) is 13.2 Å². The van der Waals surface area contributed by atoms with E-state index in [0.717, 1.165) is 12.7 Å². The second kappa shape index (κ2) is 7.83. The van der Waals surface area contributed by atoms with E-state index in [-0.39, 0.29) is 17.8 Å². The van der Waals surface area contributed by atoms with Crippen LogP contribution in [0.4, 0.5) is 10.5 Å². The zero-order chi connectivity index (χ0) is 16.9. The summed E-state index contributed by atoms with van der Waals surface area (Å²) in [6.45, 7) is 6.06. The van der Waals surface area contributed by atoms with Gasteiger partial charge < -0.3 is 10.6 Å². The van der Waals surface area contributed by atoms with Crippen LogP contribution in [0.3, 0.4) is 0 Å². The Bertz CT molecular complexity index is 632. The van der Waals surface area contributed by atoms with Gasteiger partial charge in [0.25, 0.3) is 0 Å². The smallest absolute Gasteiger partial charge is 0.319 e. The molecule has 0 aliphatic heterocycles. The van der Waals surface area contributed by atoms with Gasteiger partial charge in [-0.1, -0.05) is 37.9 Å². The van der Waals surface area contributed by atoms with Crippen LogP contribution in [-0.2, 0) is 15.6 Å². The van der Waals surface area contributed by atoms with Crippen LogP contribution >= 0.6 is 11.6 Å². The number of nitrogens with one attached hydrogen (secondary N) is 2. The molecule has 2 atom stereocenters. The Morgan fingerprint density at radius 2 is 1.95 bits per heavy atom. The van der Waals surface area contributed by atoms with Crippen LogP contribution in [0.2, 0.25) is 5.02 Å². The molecule has 0 aliphatic carbocycles.